The van der Waals surface area contributed by atoms with Crippen molar-refractivity contribution in [3.8, 4) is 0 Å². The normalized spacial score (nSPS) is 17.6. The van der Waals surface area contributed by atoms with E-state index in [1.165, 1.54) is 10.3 Å². The van der Waals surface area contributed by atoms with Gasteiger partial charge in [0.05, 0.1) is 24.1 Å². The van der Waals surface area contributed by atoms with Crippen molar-refractivity contribution in [1.82, 2.24) is 20.1 Å². The molecule has 9 heteroatoms. The Hall–Kier alpha value is -3.78. The Balaban J connectivity index is 1.46. The van der Waals surface area contributed by atoms with Gasteiger partial charge in [0.2, 0.25) is 5.91 Å². The van der Waals surface area contributed by atoms with E-state index in [2.05, 4.69) is 39.6 Å². The molecule has 1 fully saturated rings. The molecule has 2 atom stereocenters. The number of nitrogens with one attached hydrogen (secondary N) is 2. The van der Waals surface area contributed by atoms with E-state index < -0.39 is 6.04 Å². The number of carbonyl (C=O) groups excluding carboxylic acids is 2. The lowest BCUT2D eigenvalue weighted by Crippen LogP contribution is -2.50. The maximum absolute atomic E-state index is 13.9. The van der Waals surface area contributed by atoms with Gasteiger partial charge in [-0.15, -0.1) is 0 Å². The van der Waals surface area contributed by atoms with Gasteiger partial charge < -0.3 is 10.6 Å². The fourth-order valence-electron chi connectivity index (χ4n) is 5.25. The molecule has 8 nitrogen and oxygen atoms in total. The van der Waals surface area contributed by atoms with Crippen LogP contribution >= 0.6 is 11.6 Å². The van der Waals surface area contributed by atoms with Gasteiger partial charge in [0.15, 0.2) is 0 Å². The van der Waals surface area contributed by atoms with E-state index in [1.54, 1.807) is 25.5 Å². The Kier molecular flexibility index (Phi) is 6.92. The number of rotatable bonds is 8. The summed E-state index contributed by atoms with van der Waals surface area (Å²) < 4.78 is 1.49. The number of aryl methyl sites for hydroxylation is 1. The molecular weight excluding hydrogens is 500 g/mol. The van der Waals surface area contributed by atoms with Gasteiger partial charge in [0.25, 0.3) is 5.91 Å². The van der Waals surface area contributed by atoms with Crippen molar-refractivity contribution in [2.75, 3.05) is 11.9 Å². The van der Waals surface area contributed by atoms with Crippen LogP contribution in [0.1, 0.15) is 61.3 Å². The zero-order valence-corrected chi connectivity index (χ0v) is 22.7. The maximum atomic E-state index is 13.9. The van der Waals surface area contributed by atoms with Crippen LogP contribution in [-0.2, 0) is 11.8 Å². The molecule has 0 bridgehead atoms. The highest BCUT2D eigenvalue weighted by atomic mass is 35.5. The quantitative estimate of drug-likeness (QED) is 0.426. The Labute approximate surface area is 227 Å². The summed E-state index contributed by atoms with van der Waals surface area (Å²) in [5.41, 5.74) is 5.57. The van der Waals surface area contributed by atoms with Crippen LogP contribution in [-0.4, -0.2) is 44.9 Å². The molecule has 196 valence electrons. The Bertz CT molecular complexity index is 1450. The highest BCUT2D eigenvalue weighted by molar-refractivity contribution is 6.31. The molecule has 2 aliphatic rings. The molecule has 1 aliphatic heterocycles. The number of amides is 2. The summed E-state index contributed by atoms with van der Waals surface area (Å²) in [7, 11) is 1.69. The number of halogens is 1. The van der Waals surface area contributed by atoms with Gasteiger partial charge in [-0.1, -0.05) is 36.7 Å². The lowest BCUT2D eigenvalue weighted by molar-refractivity contribution is -0.119. The van der Waals surface area contributed by atoms with Crippen LogP contribution in [0.2, 0.25) is 5.02 Å². The van der Waals surface area contributed by atoms with Gasteiger partial charge in [0, 0.05) is 35.5 Å². The van der Waals surface area contributed by atoms with E-state index in [4.69, 9.17) is 11.6 Å². The van der Waals surface area contributed by atoms with Gasteiger partial charge in [-0.2, -0.15) is 5.10 Å². The number of pyridine rings is 1. The smallest absolute Gasteiger partial charge is 0.270 e. The van der Waals surface area contributed by atoms with Crippen LogP contribution in [0.3, 0.4) is 0 Å². The minimum Gasteiger partial charge on any atom is -0.338 e. The molecular formula is C29H31ClN6O2. The van der Waals surface area contributed by atoms with Crippen molar-refractivity contribution < 1.29 is 9.59 Å². The zero-order valence-electron chi connectivity index (χ0n) is 22.0. The standard InChI is InChI=1S/C29H31ClN6O2/c1-17-15-31-18(2)24(17)22-10-9-19(16-32-22)34-28(38)26(35-27(37)23-11-14-33-36(23)4)25(29(3)12-13-29)20-7-5-6-8-21(20)30/h5-11,14,16,25-26H,12-13,15H2,1-4H3,(H,34,38)(H,35,37)/t25?,26-/m0/s1. The molecule has 3 heterocycles. The Morgan fingerprint density at radius 3 is 2.45 bits per heavy atom. The summed E-state index contributed by atoms with van der Waals surface area (Å²) in [6.07, 6.45) is 5.06. The number of carbonyl (C=O) groups is 2. The molecule has 0 radical (unpaired) electrons. The van der Waals surface area contributed by atoms with Crippen LogP contribution in [0.5, 0.6) is 0 Å². The molecule has 1 aromatic carbocycles. The SMILES string of the molecule is CC1=NCC(C)=C1c1ccc(NC(=O)[C@@H](NC(=O)c2ccnn2C)C(c2ccccc2Cl)C2(C)CC2)cn1. The van der Waals surface area contributed by atoms with E-state index in [0.29, 0.717) is 22.9 Å². The highest BCUT2D eigenvalue weighted by Gasteiger charge is 2.51. The van der Waals surface area contributed by atoms with Crippen LogP contribution in [0.25, 0.3) is 5.57 Å². The van der Waals surface area contributed by atoms with E-state index >= 15 is 0 Å². The molecule has 2 aromatic heterocycles. The topological polar surface area (TPSA) is 101 Å². The molecule has 2 amide bonds. The van der Waals surface area contributed by atoms with Crippen molar-refractivity contribution >= 4 is 40.4 Å². The summed E-state index contributed by atoms with van der Waals surface area (Å²) in [5, 5.41) is 10.7. The summed E-state index contributed by atoms with van der Waals surface area (Å²) in [5.74, 6) is -1.04. The van der Waals surface area contributed by atoms with Crippen molar-refractivity contribution in [3.05, 3.63) is 82.4 Å². The number of aliphatic imine (C=N–C) groups is 1. The van der Waals surface area contributed by atoms with Crippen molar-refractivity contribution in [1.29, 1.82) is 0 Å². The number of hydrogen-bond acceptors (Lipinski definition) is 5. The fraction of sp³-hybridized carbons (Fsp3) is 0.345. The molecule has 3 aromatic rings. The zero-order chi connectivity index (χ0) is 27.0. The molecule has 2 N–H and O–H groups in total. The monoisotopic (exact) mass is 530 g/mol. The van der Waals surface area contributed by atoms with Crippen LogP contribution in [0, 0.1) is 5.41 Å². The molecule has 1 saturated carbocycles. The van der Waals surface area contributed by atoms with Gasteiger partial charge in [-0.05, 0) is 67.5 Å². The van der Waals surface area contributed by atoms with Gasteiger partial charge in [0.1, 0.15) is 11.7 Å². The van der Waals surface area contributed by atoms with Crippen molar-refractivity contribution in [2.45, 2.75) is 45.6 Å². The first-order valence-electron chi connectivity index (χ1n) is 12.7. The van der Waals surface area contributed by atoms with E-state index in [9.17, 15) is 9.59 Å². The average molecular weight is 531 g/mol. The second kappa shape index (κ2) is 10.2. The third kappa shape index (κ3) is 5.00. The van der Waals surface area contributed by atoms with Crippen LogP contribution in [0.4, 0.5) is 5.69 Å². The molecule has 38 heavy (non-hydrogen) atoms. The highest BCUT2D eigenvalue weighted by Crippen LogP contribution is 2.58. The number of hydrogen-bond donors (Lipinski definition) is 2. The number of nitrogens with zero attached hydrogens (tertiary/aromatic N) is 4. The summed E-state index contributed by atoms with van der Waals surface area (Å²) in [4.78, 5) is 36.3. The van der Waals surface area contributed by atoms with Crippen molar-refractivity contribution in [2.24, 2.45) is 17.5 Å². The first kappa shape index (κ1) is 25.9. The molecule has 5 rings (SSSR count). The molecule has 0 spiro atoms. The van der Waals surface area contributed by atoms with Crippen molar-refractivity contribution in [3.63, 3.8) is 0 Å². The van der Waals surface area contributed by atoms with Crippen LogP contribution < -0.4 is 10.6 Å². The number of benzene rings is 1. The first-order chi connectivity index (χ1) is 18.2. The molecule has 0 saturated heterocycles. The number of anilines is 1. The summed E-state index contributed by atoms with van der Waals surface area (Å²) >= 11 is 6.64. The number of allylic oxidation sites excluding steroid dienone is 1. The van der Waals surface area contributed by atoms with E-state index in [-0.39, 0.29) is 23.1 Å². The van der Waals surface area contributed by atoms with Gasteiger partial charge in [-0.3, -0.25) is 24.2 Å². The van der Waals surface area contributed by atoms with Gasteiger partial charge in [-0.25, -0.2) is 0 Å². The Morgan fingerprint density at radius 2 is 1.87 bits per heavy atom. The molecule has 1 aliphatic carbocycles. The van der Waals surface area contributed by atoms with Crippen LogP contribution in [0.15, 0.2) is 65.4 Å². The lowest BCUT2D eigenvalue weighted by Gasteiger charge is -2.33. The summed E-state index contributed by atoms with van der Waals surface area (Å²) in [6.45, 7) is 6.85. The second-order valence-corrected chi connectivity index (χ2v) is 10.8. The Morgan fingerprint density at radius 1 is 1.11 bits per heavy atom. The molecule has 1 unspecified atom stereocenters. The minimum absolute atomic E-state index is 0.182. The number of aromatic nitrogens is 3. The third-order valence-electron chi connectivity index (χ3n) is 7.61. The minimum atomic E-state index is -0.876. The summed E-state index contributed by atoms with van der Waals surface area (Å²) in [6, 6.07) is 12.0. The maximum Gasteiger partial charge on any atom is 0.270 e. The second-order valence-electron chi connectivity index (χ2n) is 10.4. The average Bonchev–Trinajstić information content (AvgIpc) is 3.32. The third-order valence-corrected chi connectivity index (χ3v) is 7.96. The first-order valence-corrected chi connectivity index (χ1v) is 13.1. The fourth-order valence-corrected chi connectivity index (χ4v) is 5.50. The predicted molar refractivity (Wildman–Crippen MR) is 149 cm³/mol. The van der Waals surface area contributed by atoms with Gasteiger partial charge >= 0.3 is 0 Å². The lowest BCUT2D eigenvalue weighted by atomic mass is 9.78. The van der Waals surface area contributed by atoms with E-state index in [1.807, 2.05) is 43.3 Å². The predicted octanol–water partition coefficient (Wildman–Crippen LogP) is 5.04. The largest absolute Gasteiger partial charge is 0.338 e. The van der Waals surface area contributed by atoms with E-state index in [0.717, 1.165) is 35.4 Å².